The van der Waals surface area contributed by atoms with Crippen LogP contribution < -0.4 is 10.6 Å². The van der Waals surface area contributed by atoms with Crippen molar-refractivity contribution < 1.29 is 4.79 Å². The molecule has 1 aromatic heterocycles. The molecular weight excluding hydrogens is 290 g/mol. The maximum Gasteiger partial charge on any atom is 0.319 e. The quantitative estimate of drug-likeness (QED) is 0.915. The molecule has 1 aromatic carbocycles. The highest BCUT2D eigenvalue weighted by molar-refractivity contribution is 5.90. The van der Waals surface area contributed by atoms with Crippen molar-refractivity contribution in [2.24, 2.45) is 0 Å². The number of carbonyl (C=O) groups excluding carboxylic acids is 1. The van der Waals surface area contributed by atoms with E-state index in [2.05, 4.69) is 32.3 Å². The predicted octanol–water partition coefficient (Wildman–Crippen LogP) is 2.68. The smallest absolute Gasteiger partial charge is 0.319 e. The van der Waals surface area contributed by atoms with Crippen molar-refractivity contribution in [2.45, 2.75) is 52.1 Å². The summed E-state index contributed by atoms with van der Waals surface area (Å²) in [4.78, 5) is 12.3. The van der Waals surface area contributed by atoms with Crippen molar-refractivity contribution in [3.8, 4) is 0 Å². The summed E-state index contributed by atoms with van der Waals surface area (Å²) in [5.41, 5.74) is 2.03. The molecule has 23 heavy (non-hydrogen) atoms. The van der Waals surface area contributed by atoms with E-state index in [1.54, 1.807) is 0 Å². The Balaban J connectivity index is 1.58. The van der Waals surface area contributed by atoms with E-state index >= 15 is 0 Å². The van der Waals surface area contributed by atoms with Gasteiger partial charge in [0.25, 0.3) is 0 Å². The Hall–Kier alpha value is -2.37. The summed E-state index contributed by atoms with van der Waals surface area (Å²) >= 11 is 0. The van der Waals surface area contributed by atoms with Crippen LogP contribution in [0.25, 0.3) is 0 Å². The van der Waals surface area contributed by atoms with Crippen molar-refractivity contribution in [2.75, 3.05) is 5.32 Å². The van der Waals surface area contributed by atoms with Crippen LogP contribution in [-0.4, -0.2) is 26.8 Å². The fraction of sp³-hybridized carbons (Fsp3) is 0.471. The van der Waals surface area contributed by atoms with E-state index in [1.165, 1.54) is 0 Å². The Bertz CT molecular complexity index is 694. The maximum atomic E-state index is 12.3. The molecule has 1 unspecified atom stereocenters. The lowest BCUT2D eigenvalue weighted by Crippen LogP contribution is -2.38. The molecule has 0 aliphatic carbocycles. The lowest BCUT2D eigenvalue weighted by molar-refractivity contribution is 0.247. The van der Waals surface area contributed by atoms with Crippen LogP contribution in [0.1, 0.15) is 37.0 Å². The summed E-state index contributed by atoms with van der Waals surface area (Å²) in [5, 5.41) is 14.4. The second-order valence-corrected chi connectivity index (χ2v) is 5.95. The van der Waals surface area contributed by atoms with Crippen LogP contribution in [0.15, 0.2) is 24.3 Å². The minimum Gasteiger partial charge on any atom is -0.335 e. The molecule has 122 valence electrons. The number of benzene rings is 1. The van der Waals surface area contributed by atoms with Gasteiger partial charge in [-0.1, -0.05) is 25.1 Å². The Morgan fingerprint density at radius 1 is 1.30 bits per heavy atom. The Morgan fingerprint density at radius 3 is 2.96 bits per heavy atom. The van der Waals surface area contributed by atoms with Gasteiger partial charge >= 0.3 is 6.03 Å². The number of aryl methyl sites for hydroxylation is 3. The number of carbonyl (C=O) groups is 1. The Kier molecular flexibility index (Phi) is 4.60. The van der Waals surface area contributed by atoms with E-state index in [0.717, 1.165) is 55.1 Å². The molecule has 0 fully saturated rings. The van der Waals surface area contributed by atoms with Crippen LogP contribution in [0.2, 0.25) is 0 Å². The van der Waals surface area contributed by atoms with Gasteiger partial charge < -0.3 is 15.2 Å². The van der Waals surface area contributed by atoms with Gasteiger partial charge in [0.15, 0.2) is 0 Å². The summed E-state index contributed by atoms with van der Waals surface area (Å²) in [7, 11) is 0. The van der Waals surface area contributed by atoms with Gasteiger partial charge in [0.05, 0.1) is 0 Å². The third-order valence-corrected chi connectivity index (χ3v) is 4.41. The first-order valence-electron chi connectivity index (χ1n) is 8.21. The highest BCUT2D eigenvalue weighted by Gasteiger charge is 2.20. The molecule has 1 aliphatic rings. The van der Waals surface area contributed by atoms with E-state index in [1.807, 2.05) is 31.2 Å². The molecule has 6 nitrogen and oxygen atoms in total. The summed E-state index contributed by atoms with van der Waals surface area (Å²) < 4.78 is 2.14. The number of urea groups is 1. The third kappa shape index (κ3) is 3.52. The number of rotatable bonds is 3. The zero-order valence-electron chi connectivity index (χ0n) is 13.7. The minimum absolute atomic E-state index is 0.134. The second kappa shape index (κ2) is 6.81. The van der Waals surface area contributed by atoms with Crippen LogP contribution in [0.5, 0.6) is 0 Å². The summed E-state index contributed by atoms with van der Waals surface area (Å²) in [6, 6.07) is 7.93. The number of anilines is 1. The van der Waals surface area contributed by atoms with Gasteiger partial charge in [-0.15, -0.1) is 10.2 Å². The molecule has 2 aromatic rings. The van der Waals surface area contributed by atoms with Gasteiger partial charge in [0.2, 0.25) is 0 Å². The molecule has 1 atom stereocenters. The first-order valence-corrected chi connectivity index (χ1v) is 8.21. The standard InChI is InChI=1S/C17H23N5O/c1-3-13-6-4-5-7-15(13)19-17(23)18-14-8-9-16-21-20-12(2)22(16)11-10-14/h4-7,14H,3,8-11H2,1-2H3,(H2,18,19,23). The number of para-hydroxylation sites is 1. The summed E-state index contributed by atoms with van der Waals surface area (Å²) in [6.45, 7) is 4.91. The molecule has 6 heteroatoms. The summed E-state index contributed by atoms with van der Waals surface area (Å²) in [5.74, 6) is 1.96. The molecule has 0 saturated carbocycles. The van der Waals surface area contributed by atoms with E-state index in [9.17, 15) is 4.79 Å². The van der Waals surface area contributed by atoms with Crippen molar-refractivity contribution >= 4 is 11.7 Å². The number of hydrogen-bond acceptors (Lipinski definition) is 3. The van der Waals surface area contributed by atoms with Gasteiger partial charge in [0, 0.05) is 24.7 Å². The van der Waals surface area contributed by atoms with Gasteiger partial charge in [0.1, 0.15) is 11.6 Å². The molecule has 3 rings (SSSR count). The van der Waals surface area contributed by atoms with Crippen LogP contribution in [0.3, 0.4) is 0 Å². The molecule has 2 N–H and O–H groups in total. The largest absolute Gasteiger partial charge is 0.335 e. The van der Waals surface area contributed by atoms with Gasteiger partial charge in [-0.2, -0.15) is 0 Å². The van der Waals surface area contributed by atoms with E-state index in [4.69, 9.17) is 0 Å². The molecule has 0 radical (unpaired) electrons. The molecule has 1 aliphatic heterocycles. The number of fused-ring (bicyclic) bond motifs is 1. The highest BCUT2D eigenvalue weighted by atomic mass is 16.2. The zero-order valence-corrected chi connectivity index (χ0v) is 13.7. The highest BCUT2D eigenvalue weighted by Crippen LogP contribution is 2.17. The SMILES string of the molecule is CCc1ccccc1NC(=O)NC1CCc2nnc(C)n2CC1. The number of nitrogens with one attached hydrogen (secondary N) is 2. The average molecular weight is 313 g/mol. The first kappa shape index (κ1) is 15.5. The van der Waals surface area contributed by atoms with Crippen LogP contribution in [-0.2, 0) is 19.4 Å². The van der Waals surface area contributed by atoms with E-state index in [0.29, 0.717) is 0 Å². The summed E-state index contributed by atoms with van der Waals surface area (Å²) in [6.07, 6.45) is 3.53. The van der Waals surface area contributed by atoms with Crippen molar-refractivity contribution in [1.82, 2.24) is 20.1 Å². The number of nitrogens with zero attached hydrogens (tertiary/aromatic N) is 3. The topological polar surface area (TPSA) is 71.8 Å². The number of aromatic nitrogens is 3. The van der Waals surface area contributed by atoms with Crippen molar-refractivity contribution in [1.29, 1.82) is 0 Å². The Morgan fingerprint density at radius 2 is 2.13 bits per heavy atom. The fourth-order valence-electron chi connectivity index (χ4n) is 3.07. The third-order valence-electron chi connectivity index (χ3n) is 4.41. The monoisotopic (exact) mass is 313 g/mol. The Labute approximate surface area is 136 Å². The molecule has 0 saturated heterocycles. The minimum atomic E-state index is -0.134. The first-order chi connectivity index (χ1) is 11.2. The van der Waals surface area contributed by atoms with Crippen molar-refractivity contribution in [3.63, 3.8) is 0 Å². The molecule has 0 spiro atoms. The normalized spacial score (nSPS) is 17.2. The zero-order chi connectivity index (χ0) is 16.2. The molecule has 0 bridgehead atoms. The second-order valence-electron chi connectivity index (χ2n) is 5.95. The van der Waals surface area contributed by atoms with Crippen LogP contribution in [0, 0.1) is 6.92 Å². The average Bonchev–Trinajstić information content (AvgIpc) is 2.77. The molecule has 2 amide bonds. The fourth-order valence-corrected chi connectivity index (χ4v) is 3.07. The molecule has 2 heterocycles. The van der Waals surface area contributed by atoms with E-state index in [-0.39, 0.29) is 12.1 Å². The van der Waals surface area contributed by atoms with Crippen LogP contribution in [0.4, 0.5) is 10.5 Å². The number of amides is 2. The lowest BCUT2D eigenvalue weighted by Gasteiger charge is -2.17. The van der Waals surface area contributed by atoms with Gasteiger partial charge in [-0.3, -0.25) is 0 Å². The van der Waals surface area contributed by atoms with Gasteiger partial charge in [-0.05, 0) is 37.8 Å². The van der Waals surface area contributed by atoms with Gasteiger partial charge in [-0.25, -0.2) is 4.79 Å². The predicted molar refractivity (Wildman–Crippen MR) is 89.5 cm³/mol. The number of hydrogen-bond donors (Lipinski definition) is 2. The maximum absolute atomic E-state index is 12.3. The lowest BCUT2D eigenvalue weighted by atomic mass is 10.1. The molecular formula is C17H23N5O. The van der Waals surface area contributed by atoms with Crippen LogP contribution >= 0.6 is 0 Å². The van der Waals surface area contributed by atoms with Crippen molar-refractivity contribution in [3.05, 3.63) is 41.5 Å². The van der Waals surface area contributed by atoms with E-state index < -0.39 is 0 Å².